The second kappa shape index (κ2) is 5.48. The van der Waals surface area contributed by atoms with E-state index in [1.54, 1.807) is 11.3 Å². The number of rotatable bonds is 5. The lowest BCUT2D eigenvalue weighted by molar-refractivity contribution is 0.602. The molecule has 19 heavy (non-hydrogen) atoms. The Hall–Kier alpha value is -1.12. The molecule has 0 aliphatic rings. The van der Waals surface area contributed by atoms with Crippen molar-refractivity contribution < 1.29 is 8.42 Å². The Labute approximate surface area is 120 Å². The third-order valence-electron chi connectivity index (χ3n) is 2.53. The molecule has 0 aliphatic carbocycles. The highest BCUT2D eigenvalue weighted by atomic mass is 32.2. The van der Waals surface area contributed by atoms with Crippen molar-refractivity contribution in [2.24, 2.45) is 0 Å². The number of hydrogen-bond acceptors (Lipinski definition) is 7. The number of thiophene rings is 1. The predicted octanol–water partition coefficient (Wildman–Crippen LogP) is 2.36. The molecule has 0 atom stereocenters. The fourth-order valence-electron chi connectivity index (χ4n) is 1.64. The molecule has 0 amide bonds. The average Bonchev–Trinajstić information content (AvgIpc) is 2.91. The average molecular weight is 317 g/mol. The zero-order valence-electron chi connectivity index (χ0n) is 10.6. The molecule has 0 saturated heterocycles. The number of aromatic nitrogens is 1. The molecule has 2 rings (SSSR count). The summed E-state index contributed by atoms with van der Waals surface area (Å²) in [5, 5.41) is 3.61. The zero-order valence-corrected chi connectivity index (χ0v) is 13.1. The second-order valence-electron chi connectivity index (χ2n) is 4.07. The minimum absolute atomic E-state index is 0.0652. The van der Waals surface area contributed by atoms with E-state index >= 15 is 0 Å². The highest BCUT2D eigenvalue weighted by Gasteiger charge is 2.21. The van der Waals surface area contributed by atoms with Crippen molar-refractivity contribution in [3.63, 3.8) is 0 Å². The van der Waals surface area contributed by atoms with E-state index in [0.717, 1.165) is 29.1 Å². The molecule has 2 aromatic rings. The van der Waals surface area contributed by atoms with Gasteiger partial charge in [-0.15, -0.1) is 11.3 Å². The van der Waals surface area contributed by atoms with Crippen LogP contribution in [0.25, 0.3) is 0 Å². The highest BCUT2D eigenvalue weighted by molar-refractivity contribution is 7.91. The fraction of sp³-hybridized carbons (Fsp3) is 0.364. The normalized spacial score (nSPS) is 11.7. The molecule has 0 radical (unpaired) electrons. The second-order valence-corrected chi connectivity index (χ2v) is 8.05. The van der Waals surface area contributed by atoms with Crippen molar-refractivity contribution in [2.75, 3.05) is 17.3 Å². The first-order valence-electron chi connectivity index (χ1n) is 5.68. The van der Waals surface area contributed by atoms with Crippen molar-refractivity contribution in [1.82, 2.24) is 4.37 Å². The monoisotopic (exact) mass is 317 g/mol. The molecule has 0 bridgehead atoms. The van der Waals surface area contributed by atoms with Gasteiger partial charge in [0.05, 0.1) is 6.54 Å². The summed E-state index contributed by atoms with van der Waals surface area (Å²) >= 11 is 2.79. The van der Waals surface area contributed by atoms with Crippen LogP contribution in [0.1, 0.15) is 16.7 Å². The van der Waals surface area contributed by atoms with E-state index in [0.29, 0.717) is 11.5 Å². The summed E-state index contributed by atoms with van der Waals surface area (Å²) < 4.78 is 27.2. The van der Waals surface area contributed by atoms with Crippen LogP contribution in [-0.2, 0) is 22.8 Å². The summed E-state index contributed by atoms with van der Waals surface area (Å²) in [6.07, 6.45) is 2.14. The maximum absolute atomic E-state index is 11.6. The molecule has 0 fully saturated rings. The van der Waals surface area contributed by atoms with Gasteiger partial charge in [0.25, 0.3) is 0 Å². The van der Waals surface area contributed by atoms with Gasteiger partial charge >= 0.3 is 0 Å². The fourth-order valence-corrected chi connectivity index (χ4v) is 4.60. The van der Waals surface area contributed by atoms with Crippen LogP contribution in [0.5, 0.6) is 0 Å². The van der Waals surface area contributed by atoms with Crippen molar-refractivity contribution in [3.05, 3.63) is 21.9 Å². The van der Waals surface area contributed by atoms with Crippen LogP contribution in [0.15, 0.2) is 17.0 Å². The van der Waals surface area contributed by atoms with Crippen LogP contribution < -0.4 is 11.1 Å². The Morgan fingerprint density at radius 1 is 1.37 bits per heavy atom. The molecule has 104 valence electrons. The summed E-state index contributed by atoms with van der Waals surface area (Å²) in [5.74, 6) is 0.0652. The van der Waals surface area contributed by atoms with Crippen molar-refractivity contribution in [3.8, 4) is 0 Å². The van der Waals surface area contributed by atoms with Gasteiger partial charge < -0.3 is 11.1 Å². The first kappa shape index (κ1) is 14.3. The molecule has 2 aromatic heterocycles. The number of sulfone groups is 1. The molecule has 0 saturated carbocycles. The largest absolute Gasteiger partial charge is 0.382 e. The van der Waals surface area contributed by atoms with Gasteiger partial charge in [-0.1, -0.05) is 6.92 Å². The predicted molar refractivity (Wildman–Crippen MR) is 80.7 cm³/mol. The van der Waals surface area contributed by atoms with Gasteiger partial charge in [0.2, 0.25) is 0 Å². The van der Waals surface area contributed by atoms with E-state index in [-0.39, 0.29) is 10.7 Å². The van der Waals surface area contributed by atoms with Crippen LogP contribution in [0.3, 0.4) is 0 Å². The molecule has 5 nitrogen and oxygen atoms in total. The van der Waals surface area contributed by atoms with Gasteiger partial charge in [0, 0.05) is 16.0 Å². The summed E-state index contributed by atoms with van der Waals surface area (Å²) in [5.41, 5.74) is 5.60. The maximum atomic E-state index is 11.6. The summed E-state index contributed by atoms with van der Waals surface area (Å²) in [4.78, 5) is 2.57. The Kier molecular flexibility index (Phi) is 4.12. The van der Waals surface area contributed by atoms with E-state index in [4.69, 9.17) is 5.73 Å². The van der Waals surface area contributed by atoms with E-state index in [1.165, 1.54) is 4.88 Å². The Morgan fingerprint density at radius 3 is 2.63 bits per heavy atom. The van der Waals surface area contributed by atoms with E-state index < -0.39 is 9.84 Å². The molecule has 0 aliphatic heterocycles. The zero-order chi connectivity index (χ0) is 14.0. The number of anilines is 2. The summed E-state index contributed by atoms with van der Waals surface area (Å²) in [6, 6.07) is 4.13. The maximum Gasteiger partial charge on any atom is 0.182 e. The van der Waals surface area contributed by atoms with Crippen molar-refractivity contribution in [2.45, 2.75) is 24.8 Å². The van der Waals surface area contributed by atoms with E-state index in [9.17, 15) is 8.42 Å². The number of nitrogens with two attached hydrogens (primary N) is 1. The SMILES string of the molecule is CCc1ccc(CNc2snc(N)c2S(C)(=O)=O)s1. The number of nitrogen functional groups attached to an aromatic ring is 1. The molecule has 0 aromatic carbocycles. The third-order valence-corrected chi connectivity index (χ3v) is 5.87. The number of hydrogen-bond donors (Lipinski definition) is 2. The minimum Gasteiger partial charge on any atom is -0.382 e. The standard InChI is InChI=1S/C11H15N3O2S3/c1-3-7-4-5-8(17-7)6-13-11-9(19(2,15)16)10(12)14-18-11/h4-5,13H,3,6H2,1-2H3,(H2,12,14). The molecular weight excluding hydrogens is 302 g/mol. The van der Waals surface area contributed by atoms with Crippen LogP contribution in [-0.4, -0.2) is 19.0 Å². The Bertz CT molecular complexity index is 673. The van der Waals surface area contributed by atoms with E-state index in [1.807, 2.05) is 6.07 Å². The van der Waals surface area contributed by atoms with Crippen molar-refractivity contribution in [1.29, 1.82) is 0 Å². The lowest BCUT2D eigenvalue weighted by Gasteiger charge is -2.04. The lowest BCUT2D eigenvalue weighted by atomic mass is 10.3. The third kappa shape index (κ3) is 3.26. The van der Waals surface area contributed by atoms with Crippen LogP contribution >= 0.6 is 22.9 Å². The lowest BCUT2D eigenvalue weighted by Crippen LogP contribution is -2.05. The smallest absolute Gasteiger partial charge is 0.182 e. The van der Waals surface area contributed by atoms with Gasteiger partial charge in [-0.05, 0) is 30.1 Å². The van der Waals surface area contributed by atoms with Gasteiger partial charge in [-0.25, -0.2) is 8.42 Å². The molecule has 0 unspecified atom stereocenters. The first-order chi connectivity index (χ1) is 8.91. The molecular formula is C11H15N3O2S3. The van der Waals surface area contributed by atoms with Crippen LogP contribution in [0, 0.1) is 0 Å². The summed E-state index contributed by atoms with van der Waals surface area (Å²) in [6.45, 7) is 2.68. The molecule has 3 N–H and O–H groups in total. The van der Waals surface area contributed by atoms with Gasteiger partial charge in [0.15, 0.2) is 15.7 Å². The molecule has 0 spiro atoms. The van der Waals surface area contributed by atoms with Crippen LogP contribution in [0.2, 0.25) is 0 Å². The topological polar surface area (TPSA) is 85.1 Å². The minimum atomic E-state index is -3.36. The number of aryl methyl sites for hydroxylation is 1. The van der Waals surface area contributed by atoms with E-state index in [2.05, 4.69) is 22.7 Å². The molecule has 2 heterocycles. The van der Waals surface area contributed by atoms with Gasteiger partial charge in [-0.2, -0.15) is 4.37 Å². The van der Waals surface area contributed by atoms with Crippen molar-refractivity contribution >= 4 is 43.5 Å². The van der Waals surface area contributed by atoms with Gasteiger partial charge in [0.1, 0.15) is 9.90 Å². The first-order valence-corrected chi connectivity index (χ1v) is 9.16. The van der Waals surface area contributed by atoms with Crippen LogP contribution in [0.4, 0.5) is 10.8 Å². The molecule has 8 heteroatoms. The number of nitrogens with one attached hydrogen (secondary N) is 1. The Balaban J connectivity index is 2.16. The Morgan fingerprint density at radius 2 is 2.05 bits per heavy atom. The quantitative estimate of drug-likeness (QED) is 0.884. The number of nitrogens with zero attached hydrogens (tertiary/aromatic N) is 1. The highest BCUT2D eigenvalue weighted by Crippen LogP contribution is 2.32. The van der Waals surface area contributed by atoms with Gasteiger partial charge in [-0.3, -0.25) is 0 Å². The summed E-state index contributed by atoms with van der Waals surface area (Å²) in [7, 11) is -3.36.